The lowest BCUT2D eigenvalue weighted by molar-refractivity contribution is -0.0343. The van der Waals surface area contributed by atoms with Crippen molar-refractivity contribution in [3.05, 3.63) is 53.2 Å². The monoisotopic (exact) mass is 339 g/mol. The molecule has 3 aromatic rings. The molecule has 0 bridgehead atoms. The van der Waals surface area contributed by atoms with E-state index in [-0.39, 0.29) is 0 Å². The molecule has 0 N–H and O–H groups in total. The molecule has 5 unspecified atom stereocenters. The number of benzene rings is 2. The molecule has 2 aromatic carbocycles. The summed E-state index contributed by atoms with van der Waals surface area (Å²) in [7, 11) is 0. The maximum absolute atomic E-state index is 5.07. The summed E-state index contributed by atoms with van der Waals surface area (Å²) in [6.45, 7) is 12.5. The molecule has 0 amide bonds. The molecule has 130 valence electrons. The maximum atomic E-state index is 5.07. The zero-order valence-corrected chi connectivity index (χ0v) is 16.3. The third kappa shape index (κ3) is 0.892. The van der Waals surface area contributed by atoms with Crippen LogP contribution in [-0.2, 0) is 10.8 Å². The average Bonchev–Trinajstić information content (AvgIpc) is 2.84. The van der Waals surface area contributed by atoms with Gasteiger partial charge >= 0.3 is 0 Å². The van der Waals surface area contributed by atoms with E-state index in [0.717, 1.165) is 0 Å². The van der Waals surface area contributed by atoms with Crippen molar-refractivity contribution in [3.8, 4) is 0 Å². The second-order valence-electron chi connectivity index (χ2n) is 10.6. The Hall–Kier alpha value is -1.89. The fourth-order valence-corrected chi connectivity index (χ4v) is 10.0. The minimum absolute atomic E-state index is 0.328. The van der Waals surface area contributed by atoms with Gasteiger partial charge in [0.15, 0.2) is 0 Å². The molecule has 3 fully saturated rings. The Kier molecular flexibility index (Phi) is 1.83. The summed E-state index contributed by atoms with van der Waals surface area (Å²) in [5.74, 6) is 0. The molecule has 26 heavy (non-hydrogen) atoms. The quantitative estimate of drug-likeness (QED) is 0.455. The van der Waals surface area contributed by atoms with Crippen molar-refractivity contribution < 1.29 is 0 Å². The van der Waals surface area contributed by atoms with E-state index in [1.807, 2.05) is 0 Å². The number of aryl methyl sites for hydroxylation is 1. The van der Waals surface area contributed by atoms with Gasteiger partial charge in [-0.2, -0.15) is 0 Å². The zero-order chi connectivity index (χ0) is 17.9. The first-order valence-electron chi connectivity index (χ1n) is 10.1. The summed E-state index contributed by atoms with van der Waals surface area (Å²) < 4.78 is 0. The van der Waals surface area contributed by atoms with Crippen LogP contribution in [0.1, 0.15) is 57.2 Å². The van der Waals surface area contributed by atoms with E-state index in [0.29, 0.717) is 27.1 Å². The molecule has 7 rings (SSSR count). The maximum Gasteiger partial charge on any atom is 0.0783 e. The van der Waals surface area contributed by atoms with Crippen molar-refractivity contribution in [2.24, 2.45) is 16.2 Å². The normalized spacial score (nSPS) is 46.3. The van der Waals surface area contributed by atoms with Crippen LogP contribution >= 0.6 is 0 Å². The molecule has 3 saturated carbocycles. The first-order chi connectivity index (χ1) is 12.3. The second-order valence-corrected chi connectivity index (χ2v) is 10.6. The summed E-state index contributed by atoms with van der Waals surface area (Å²) in [5, 5.41) is 4.09. The standard InChI is InChI=1S/C25H25N/c1-14-10-17-19-18(11-26-20(17)16-9-7-6-8-15(14)16)21(2)12-23(4)24(5)13-22(19,3)25(21,23)24/h6-11H,12-13H2,1-5H3. The van der Waals surface area contributed by atoms with Gasteiger partial charge in [0.25, 0.3) is 0 Å². The third-order valence-corrected chi connectivity index (χ3v) is 10.1. The van der Waals surface area contributed by atoms with E-state index >= 15 is 0 Å². The van der Waals surface area contributed by atoms with Crippen molar-refractivity contribution in [1.82, 2.24) is 4.98 Å². The fourth-order valence-electron chi connectivity index (χ4n) is 10.0. The molecule has 1 spiro atoms. The minimum Gasteiger partial charge on any atom is -0.255 e. The Labute approximate surface area is 154 Å². The van der Waals surface area contributed by atoms with E-state index in [1.165, 1.54) is 40.1 Å². The highest BCUT2D eigenvalue weighted by atomic mass is 15.1. The zero-order valence-electron chi connectivity index (χ0n) is 16.3. The number of nitrogens with zero attached hydrogens (tertiary/aromatic N) is 1. The van der Waals surface area contributed by atoms with E-state index in [1.54, 1.807) is 11.1 Å². The largest absolute Gasteiger partial charge is 0.255 e. The Bertz CT molecular complexity index is 1210. The summed E-state index contributed by atoms with van der Waals surface area (Å²) in [6, 6.07) is 11.2. The Morgan fingerprint density at radius 2 is 1.50 bits per heavy atom. The van der Waals surface area contributed by atoms with Gasteiger partial charge < -0.3 is 0 Å². The van der Waals surface area contributed by atoms with Gasteiger partial charge in [0.1, 0.15) is 0 Å². The number of rotatable bonds is 0. The van der Waals surface area contributed by atoms with Gasteiger partial charge in [-0.3, -0.25) is 4.98 Å². The van der Waals surface area contributed by atoms with Crippen LogP contribution in [0, 0.1) is 23.2 Å². The highest BCUT2D eigenvalue weighted by Crippen LogP contribution is 3.09. The van der Waals surface area contributed by atoms with Gasteiger partial charge in [-0.05, 0) is 58.7 Å². The Balaban J connectivity index is 1.66. The Morgan fingerprint density at radius 3 is 2.19 bits per heavy atom. The Morgan fingerprint density at radius 1 is 0.846 bits per heavy atom. The van der Waals surface area contributed by atoms with Gasteiger partial charge in [-0.1, -0.05) is 52.0 Å². The minimum atomic E-state index is 0.328. The van der Waals surface area contributed by atoms with E-state index in [2.05, 4.69) is 71.1 Å². The summed E-state index contributed by atoms with van der Waals surface area (Å²) in [6.07, 6.45) is 4.96. The van der Waals surface area contributed by atoms with E-state index < -0.39 is 0 Å². The van der Waals surface area contributed by atoms with Crippen molar-refractivity contribution in [2.75, 3.05) is 0 Å². The predicted octanol–water partition coefficient (Wildman–Crippen LogP) is 6.05. The molecule has 0 radical (unpaired) electrons. The van der Waals surface area contributed by atoms with Crippen molar-refractivity contribution in [2.45, 2.75) is 58.3 Å². The van der Waals surface area contributed by atoms with Crippen LogP contribution in [0.3, 0.4) is 0 Å². The van der Waals surface area contributed by atoms with Crippen LogP contribution in [0.25, 0.3) is 21.7 Å². The van der Waals surface area contributed by atoms with Crippen LogP contribution in [0.15, 0.2) is 36.5 Å². The number of fused-ring (bicyclic) bond motifs is 8. The highest BCUT2D eigenvalue weighted by Gasteiger charge is 3.06. The molecule has 1 heteroatoms. The second kappa shape index (κ2) is 3.35. The molecule has 1 aromatic heterocycles. The first kappa shape index (κ1) is 14.2. The van der Waals surface area contributed by atoms with Crippen LogP contribution in [0.4, 0.5) is 0 Å². The van der Waals surface area contributed by atoms with Crippen LogP contribution in [-0.4, -0.2) is 4.98 Å². The fraction of sp³-hybridized carbons (Fsp3) is 0.480. The molecule has 1 heterocycles. The molecule has 1 nitrogen and oxygen atoms in total. The number of hydrogen-bond acceptors (Lipinski definition) is 1. The highest BCUT2D eigenvalue weighted by molar-refractivity contribution is 6.09. The lowest BCUT2D eigenvalue weighted by atomic mass is 9.45. The first-order valence-corrected chi connectivity index (χ1v) is 10.1. The average molecular weight is 339 g/mol. The van der Waals surface area contributed by atoms with E-state index in [4.69, 9.17) is 4.98 Å². The van der Waals surface area contributed by atoms with Gasteiger partial charge in [0, 0.05) is 33.2 Å². The SMILES string of the molecule is Cc1cc2c3c(cnc2c2ccccc12)C1(C)CC2(C)C4(C)CC3(C)C124. The van der Waals surface area contributed by atoms with Gasteiger partial charge in [0.2, 0.25) is 0 Å². The third-order valence-electron chi connectivity index (χ3n) is 10.1. The van der Waals surface area contributed by atoms with Crippen LogP contribution < -0.4 is 0 Å². The van der Waals surface area contributed by atoms with Crippen LogP contribution in [0.2, 0.25) is 0 Å². The predicted molar refractivity (Wildman–Crippen MR) is 107 cm³/mol. The molecule has 0 aliphatic heterocycles. The van der Waals surface area contributed by atoms with Crippen LogP contribution in [0.5, 0.6) is 0 Å². The lowest BCUT2D eigenvalue weighted by Crippen LogP contribution is -2.56. The lowest BCUT2D eigenvalue weighted by Gasteiger charge is -2.57. The van der Waals surface area contributed by atoms with Gasteiger partial charge in [0.05, 0.1) is 5.52 Å². The number of aromatic nitrogens is 1. The molecule has 0 saturated heterocycles. The summed E-state index contributed by atoms with van der Waals surface area (Å²) in [4.78, 5) is 5.07. The topological polar surface area (TPSA) is 12.9 Å². The van der Waals surface area contributed by atoms with Crippen molar-refractivity contribution in [3.63, 3.8) is 0 Å². The number of pyridine rings is 1. The summed E-state index contributed by atoms with van der Waals surface area (Å²) >= 11 is 0. The smallest absolute Gasteiger partial charge is 0.0783 e. The summed E-state index contributed by atoms with van der Waals surface area (Å²) in [5.41, 5.74) is 8.05. The number of hydrogen-bond donors (Lipinski definition) is 0. The molecular weight excluding hydrogens is 314 g/mol. The van der Waals surface area contributed by atoms with Gasteiger partial charge in [-0.15, -0.1) is 0 Å². The van der Waals surface area contributed by atoms with Gasteiger partial charge in [-0.25, -0.2) is 0 Å². The molecule has 5 atom stereocenters. The molecule has 4 aliphatic rings. The van der Waals surface area contributed by atoms with Crippen molar-refractivity contribution >= 4 is 21.7 Å². The molecular formula is C25H25N. The molecule has 4 aliphatic carbocycles. The van der Waals surface area contributed by atoms with E-state index in [9.17, 15) is 0 Å². The van der Waals surface area contributed by atoms with Crippen molar-refractivity contribution in [1.29, 1.82) is 0 Å².